The fourth-order valence-electron chi connectivity index (χ4n) is 3.31. The lowest BCUT2D eigenvalue weighted by molar-refractivity contribution is -0.144. The second-order valence-electron chi connectivity index (χ2n) is 6.15. The predicted octanol–water partition coefficient (Wildman–Crippen LogP) is 1.42. The highest BCUT2D eigenvalue weighted by Gasteiger charge is 2.33. The third-order valence-electron chi connectivity index (χ3n) is 4.74. The molecule has 1 aromatic rings. The van der Waals surface area contributed by atoms with Gasteiger partial charge in [0.25, 0.3) is 0 Å². The van der Waals surface area contributed by atoms with Crippen LogP contribution in [-0.4, -0.2) is 54.7 Å². The first-order valence-corrected chi connectivity index (χ1v) is 8.20. The van der Waals surface area contributed by atoms with Gasteiger partial charge >= 0.3 is 0 Å². The standard InChI is InChI=1S/C17H22N4O2/c1-13-16(3-2-10-23-13)17(22)21-8-6-20(7-9-21)15-5-4-14(11-18)19-12-15/h4-5,12-13,16H,2-3,6-10H2,1H3/t13-,16+/m0/s1. The summed E-state index contributed by atoms with van der Waals surface area (Å²) in [5, 5.41) is 8.80. The van der Waals surface area contributed by atoms with E-state index in [-0.39, 0.29) is 17.9 Å². The van der Waals surface area contributed by atoms with Gasteiger partial charge in [0.15, 0.2) is 0 Å². The van der Waals surface area contributed by atoms with Gasteiger partial charge in [-0.15, -0.1) is 0 Å². The second kappa shape index (κ2) is 6.97. The second-order valence-corrected chi connectivity index (χ2v) is 6.15. The van der Waals surface area contributed by atoms with Gasteiger partial charge in [-0.25, -0.2) is 4.98 Å². The van der Waals surface area contributed by atoms with Crippen molar-refractivity contribution in [3.8, 4) is 6.07 Å². The number of carbonyl (C=O) groups is 1. The van der Waals surface area contributed by atoms with Crippen LogP contribution >= 0.6 is 0 Å². The highest BCUT2D eigenvalue weighted by molar-refractivity contribution is 5.79. The maximum atomic E-state index is 12.7. The highest BCUT2D eigenvalue weighted by Crippen LogP contribution is 2.24. The van der Waals surface area contributed by atoms with Crippen molar-refractivity contribution in [2.24, 2.45) is 5.92 Å². The predicted molar refractivity (Wildman–Crippen MR) is 85.9 cm³/mol. The van der Waals surface area contributed by atoms with Crippen molar-refractivity contribution in [3.63, 3.8) is 0 Å². The number of hydrogen-bond acceptors (Lipinski definition) is 5. The number of amides is 1. The van der Waals surface area contributed by atoms with Crippen molar-refractivity contribution in [2.75, 3.05) is 37.7 Å². The van der Waals surface area contributed by atoms with E-state index < -0.39 is 0 Å². The molecule has 0 aromatic carbocycles. The van der Waals surface area contributed by atoms with Gasteiger partial charge in [-0.2, -0.15) is 5.26 Å². The Hall–Kier alpha value is -2.13. The van der Waals surface area contributed by atoms with Crippen LogP contribution in [0, 0.1) is 17.2 Å². The minimum absolute atomic E-state index is 0.00637. The van der Waals surface area contributed by atoms with E-state index in [4.69, 9.17) is 10.00 Å². The summed E-state index contributed by atoms with van der Waals surface area (Å²) in [7, 11) is 0. The van der Waals surface area contributed by atoms with Crippen molar-refractivity contribution in [1.29, 1.82) is 5.26 Å². The Labute approximate surface area is 136 Å². The topological polar surface area (TPSA) is 69.5 Å². The molecule has 2 atom stereocenters. The van der Waals surface area contributed by atoms with Crippen LogP contribution in [0.5, 0.6) is 0 Å². The van der Waals surface area contributed by atoms with Gasteiger partial charge < -0.3 is 14.5 Å². The number of carbonyl (C=O) groups excluding carboxylic acids is 1. The summed E-state index contributed by atoms with van der Waals surface area (Å²) in [6, 6.07) is 5.67. The maximum absolute atomic E-state index is 12.7. The number of hydrogen-bond donors (Lipinski definition) is 0. The van der Waals surface area contributed by atoms with E-state index in [0.717, 1.165) is 51.3 Å². The summed E-state index contributed by atoms with van der Waals surface area (Å²) in [6.45, 7) is 5.80. The Kier molecular flexibility index (Phi) is 4.77. The van der Waals surface area contributed by atoms with Crippen molar-refractivity contribution >= 4 is 11.6 Å². The average Bonchev–Trinajstić information content (AvgIpc) is 2.62. The van der Waals surface area contributed by atoms with Gasteiger partial charge in [0.1, 0.15) is 11.8 Å². The fraction of sp³-hybridized carbons (Fsp3) is 0.588. The summed E-state index contributed by atoms with van der Waals surface area (Å²) in [6.07, 6.45) is 3.65. The molecule has 6 nitrogen and oxygen atoms in total. The van der Waals surface area contributed by atoms with Crippen LogP contribution < -0.4 is 4.90 Å². The number of pyridine rings is 1. The van der Waals surface area contributed by atoms with E-state index in [1.165, 1.54) is 0 Å². The summed E-state index contributed by atoms with van der Waals surface area (Å²) in [5.41, 5.74) is 1.43. The monoisotopic (exact) mass is 314 g/mol. The molecule has 1 aromatic heterocycles. The zero-order chi connectivity index (χ0) is 16.2. The van der Waals surface area contributed by atoms with Gasteiger partial charge in [-0.3, -0.25) is 4.79 Å². The van der Waals surface area contributed by atoms with Crippen LogP contribution in [0.4, 0.5) is 5.69 Å². The van der Waals surface area contributed by atoms with E-state index in [1.807, 2.05) is 24.0 Å². The van der Waals surface area contributed by atoms with Crippen LogP contribution in [0.25, 0.3) is 0 Å². The number of piperazine rings is 1. The molecule has 122 valence electrons. The minimum atomic E-state index is 0.00637. The normalized spacial score (nSPS) is 25.0. The molecule has 0 bridgehead atoms. The molecule has 6 heteroatoms. The number of nitriles is 1. The van der Waals surface area contributed by atoms with Crippen LogP contribution in [0.1, 0.15) is 25.5 Å². The summed E-state index contributed by atoms with van der Waals surface area (Å²) < 4.78 is 5.62. The zero-order valence-electron chi connectivity index (χ0n) is 13.4. The summed E-state index contributed by atoms with van der Waals surface area (Å²) >= 11 is 0. The molecule has 1 amide bonds. The first-order valence-electron chi connectivity index (χ1n) is 8.20. The molecule has 0 radical (unpaired) electrons. The molecule has 0 unspecified atom stereocenters. The Balaban J connectivity index is 1.57. The van der Waals surface area contributed by atoms with Crippen molar-refractivity contribution in [1.82, 2.24) is 9.88 Å². The van der Waals surface area contributed by atoms with Gasteiger partial charge in [-0.05, 0) is 31.9 Å². The quantitative estimate of drug-likeness (QED) is 0.825. The third kappa shape index (κ3) is 3.45. The van der Waals surface area contributed by atoms with Crippen molar-refractivity contribution in [3.05, 3.63) is 24.0 Å². The average molecular weight is 314 g/mol. The van der Waals surface area contributed by atoms with Gasteiger partial charge in [0, 0.05) is 32.8 Å². The van der Waals surface area contributed by atoms with Gasteiger partial charge in [0.2, 0.25) is 5.91 Å². The first kappa shape index (κ1) is 15.8. The van der Waals surface area contributed by atoms with Gasteiger partial charge in [0.05, 0.1) is 23.9 Å². The lowest BCUT2D eigenvalue weighted by atomic mass is 9.93. The minimum Gasteiger partial charge on any atom is -0.378 e. The fourth-order valence-corrected chi connectivity index (χ4v) is 3.31. The number of ether oxygens (including phenoxy) is 1. The van der Waals surface area contributed by atoms with Crippen LogP contribution in [0.3, 0.4) is 0 Å². The molecule has 2 saturated heterocycles. The summed E-state index contributed by atoms with van der Waals surface area (Å²) in [5.74, 6) is 0.238. The molecule has 0 saturated carbocycles. The number of nitrogens with zero attached hydrogens (tertiary/aromatic N) is 4. The van der Waals surface area contributed by atoms with E-state index >= 15 is 0 Å². The largest absolute Gasteiger partial charge is 0.378 e. The number of anilines is 1. The zero-order valence-corrected chi connectivity index (χ0v) is 13.4. The smallest absolute Gasteiger partial charge is 0.228 e. The number of rotatable bonds is 2. The molecule has 3 rings (SSSR count). The summed E-state index contributed by atoms with van der Waals surface area (Å²) in [4.78, 5) is 20.9. The Bertz CT molecular complexity index is 588. The molecule has 2 fully saturated rings. The Morgan fingerprint density at radius 3 is 2.74 bits per heavy atom. The maximum Gasteiger partial charge on any atom is 0.228 e. The van der Waals surface area contributed by atoms with E-state index in [1.54, 1.807) is 12.3 Å². The first-order chi connectivity index (χ1) is 11.2. The van der Waals surface area contributed by atoms with E-state index in [9.17, 15) is 4.79 Å². The van der Waals surface area contributed by atoms with Crippen LogP contribution in [0.2, 0.25) is 0 Å². The molecule has 3 heterocycles. The Morgan fingerprint density at radius 1 is 1.35 bits per heavy atom. The Morgan fingerprint density at radius 2 is 2.13 bits per heavy atom. The van der Waals surface area contributed by atoms with Crippen molar-refractivity contribution < 1.29 is 9.53 Å². The third-order valence-corrected chi connectivity index (χ3v) is 4.74. The molecule has 0 spiro atoms. The van der Waals surface area contributed by atoms with Crippen molar-refractivity contribution in [2.45, 2.75) is 25.9 Å². The molecule has 2 aliphatic rings. The van der Waals surface area contributed by atoms with E-state index in [2.05, 4.69) is 9.88 Å². The number of aromatic nitrogens is 1. The highest BCUT2D eigenvalue weighted by atomic mass is 16.5. The lowest BCUT2D eigenvalue weighted by Gasteiger charge is -2.39. The van der Waals surface area contributed by atoms with Crippen LogP contribution in [0.15, 0.2) is 18.3 Å². The molecule has 23 heavy (non-hydrogen) atoms. The van der Waals surface area contributed by atoms with E-state index in [0.29, 0.717) is 5.69 Å². The van der Waals surface area contributed by atoms with Crippen LogP contribution in [-0.2, 0) is 9.53 Å². The molecule has 2 aliphatic heterocycles. The molecular weight excluding hydrogens is 292 g/mol. The SMILES string of the molecule is C[C@@H]1OCCC[C@H]1C(=O)N1CCN(c2ccc(C#N)nc2)CC1. The molecule has 0 aliphatic carbocycles. The molecular formula is C17H22N4O2. The van der Waals surface area contributed by atoms with Gasteiger partial charge in [-0.1, -0.05) is 0 Å². The lowest BCUT2D eigenvalue weighted by Crippen LogP contribution is -2.52. The molecule has 0 N–H and O–H groups in total.